The number of benzene rings is 2. The number of nitrogens with one attached hydrogen (secondary N) is 3. The molecule has 3 N–H and O–H groups in total. The highest BCUT2D eigenvalue weighted by molar-refractivity contribution is 5.98. The van der Waals surface area contributed by atoms with E-state index in [0.717, 1.165) is 5.56 Å². The molecule has 0 radical (unpaired) electrons. The van der Waals surface area contributed by atoms with Crippen molar-refractivity contribution in [2.24, 2.45) is 0 Å². The number of imidazole rings is 1. The Bertz CT molecular complexity index is 1570. The maximum Gasteiger partial charge on any atom is 0.408 e. The number of likely N-dealkylation sites (N-methyl/N-ethyl adjacent to an activating group) is 1. The molecule has 14 nitrogen and oxygen atoms in total. The summed E-state index contributed by atoms with van der Waals surface area (Å²) in [6.07, 6.45) is 2.15. The highest BCUT2D eigenvalue weighted by Gasteiger charge is 2.35. The quantitative estimate of drug-likeness (QED) is 0.234. The first kappa shape index (κ1) is 37.3. The van der Waals surface area contributed by atoms with Crippen molar-refractivity contribution in [2.45, 2.75) is 64.4 Å². The molecular weight excluding hydrogens is 620 g/mol. The predicted octanol–water partition coefficient (Wildman–Crippen LogP) is 3.52. The molecule has 1 unspecified atom stereocenters. The molecule has 0 aliphatic heterocycles. The number of hydrogen-bond donors (Lipinski definition) is 3. The van der Waals surface area contributed by atoms with Gasteiger partial charge in [0, 0.05) is 20.3 Å². The lowest BCUT2D eigenvalue weighted by Crippen LogP contribution is -2.59. The van der Waals surface area contributed by atoms with Crippen LogP contribution in [0.15, 0.2) is 61.1 Å². The van der Waals surface area contributed by atoms with E-state index in [2.05, 4.69) is 20.9 Å². The molecule has 1 heterocycles. The Labute approximate surface area is 281 Å². The summed E-state index contributed by atoms with van der Waals surface area (Å²) in [4.78, 5) is 58.5. The number of nitrogens with zero attached hydrogens (tertiary/aromatic N) is 3. The molecule has 0 aliphatic rings. The van der Waals surface area contributed by atoms with E-state index in [9.17, 15) is 19.2 Å². The summed E-state index contributed by atoms with van der Waals surface area (Å²) in [6, 6.07) is 12.5. The van der Waals surface area contributed by atoms with Crippen LogP contribution in [0.2, 0.25) is 0 Å². The SMILES string of the molecule is COc1ccc(C(C(=O)N(C)C)n2cnc(NC(=O)[C@@H](COCc3ccccc3)NC(=O)C(C)(C)NC(=O)OC(C)(C)C)c2)cc1OC. The molecule has 48 heavy (non-hydrogen) atoms. The Morgan fingerprint density at radius 3 is 2.21 bits per heavy atom. The lowest BCUT2D eigenvalue weighted by Gasteiger charge is -2.29. The molecule has 3 aromatic rings. The Kier molecular flexibility index (Phi) is 12.6. The summed E-state index contributed by atoms with van der Waals surface area (Å²) in [7, 11) is 6.30. The third-order valence-corrected chi connectivity index (χ3v) is 6.95. The number of rotatable bonds is 14. The largest absolute Gasteiger partial charge is 0.493 e. The summed E-state index contributed by atoms with van der Waals surface area (Å²) < 4.78 is 23.4. The van der Waals surface area contributed by atoms with Crippen LogP contribution in [0.3, 0.4) is 0 Å². The fraction of sp³-hybridized carbons (Fsp3) is 0.441. The van der Waals surface area contributed by atoms with Crippen LogP contribution >= 0.6 is 0 Å². The van der Waals surface area contributed by atoms with Crippen molar-refractivity contribution in [3.05, 3.63) is 72.2 Å². The summed E-state index contributed by atoms with van der Waals surface area (Å²) in [6.45, 7) is 8.10. The predicted molar refractivity (Wildman–Crippen MR) is 179 cm³/mol. The van der Waals surface area contributed by atoms with E-state index in [1.807, 2.05) is 30.3 Å². The zero-order valence-corrected chi connectivity index (χ0v) is 29.0. The van der Waals surface area contributed by atoms with Crippen LogP contribution in [0.4, 0.5) is 10.6 Å². The van der Waals surface area contributed by atoms with Gasteiger partial charge in [0.15, 0.2) is 17.3 Å². The minimum Gasteiger partial charge on any atom is -0.493 e. The lowest BCUT2D eigenvalue weighted by atomic mass is 10.0. The van der Waals surface area contributed by atoms with Gasteiger partial charge in [-0.1, -0.05) is 36.4 Å². The zero-order valence-electron chi connectivity index (χ0n) is 29.0. The normalized spacial score (nSPS) is 12.7. The van der Waals surface area contributed by atoms with E-state index in [1.165, 1.54) is 45.5 Å². The summed E-state index contributed by atoms with van der Waals surface area (Å²) >= 11 is 0. The van der Waals surface area contributed by atoms with E-state index < -0.39 is 41.1 Å². The number of carbonyl (C=O) groups is 4. The molecule has 1 aromatic heterocycles. The number of amides is 4. The molecular formula is C34H46N6O8. The Morgan fingerprint density at radius 1 is 0.938 bits per heavy atom. The van der Waals surface area contributed by atoms with E-state index >= 15 is 0 Å². The van der Waals surface area contributed by atoms with Crippen LogP contribution < -0.4 is 25.4 Å². The molecule has 0 saturated carbocycles. The van der Waals surface area contributed by atoms with E-state index in [-0.39, 0.29) is 24.9 Å². The third-order valence-electron chi connectivity index (χ3n) is 6.95. The van der Waals surface area contributed by atoms with Crippen LogP contribution in [-0.2, 0) is 30.5 Å². The molecule has 4 amide bonds. The molecule has 0 saturated heterocycles. The second kappa shape index (κ2) is 16.1. The van der Waals surface area contributed by atoms with Crippen molar-refractivity contribution in [1.29, 1.82) is 0 Å². The number of alkyl carbamates (subject to hydrolysis) is 1. The first-order valence-electron chi connectivity index (χ1n) is 15.3. The van der Waals surface area contributed by atoms with Gasteiger partial charge in [0.05, 0.1) is 33.8 Å². The minimum absolute atomic E-state index is 0.130. The van der Waals surface area contributed by atoms with Gasteiger partial charge in [0.2, 0.25) is 11.8 Å². The van der Waals surface area contributed by atoms with E-state index in [0.29, 0.717) is 17.1 Å². The second-order valence-electron chi connectivity index (χ2n) is 12.7. The van der Waals surface area contributed by atoms with Crippen LogP contribution in [-0.4, -0.2) is 90.4 Å². The molecule has 0 spiro atoms. The van der Waals surface area contributed by atoms with Gasteiger partial charge >= 0.3 is 6.09 Å². The molecule has 260 valence electrons. The van der Waals surface area contributed by atoms with Crippen molar-refractivity contribution < 1.29 is 38.1 Å². The first-order valence-corrected chi connectivity index (χ1v) is 15.3. The molecule has 14 heteroatoms. The smallest absolute Gasteiger partial charge is 0.408 e. The standard InChI is InChI=1S/C34H46N6O8/c1-33(2,3)48-32(44)38-34(4,5)31(43)36-24(20-47-19-22-13-11-10-12-14-22)29(41)37-27-18-40(21-35-27)28(30(42)39(6)7)23-15-16-25(45-8)26(17-23)46-9/h10-18,21,24,28H,19-20H2,1-9H3,(H,36,43)(H,37,41)(H,38,44)/t24-,28?/m1/s1. The van der Waals surface area contributed by atoms with Crippen molar-refractivity contribution >= 4 is 29.6 Å². The van der Waals surface area contributed by atoms with Gasteiger partial charge < -0.3 is 44.4 Å². The summed E-state index contributed by atoms with van der Waals surface area (Å²) in [5.41, 5.74) is -0.745. The zero-order chi connectivity index (χ0) is 35.6. The molecule has 2 aromatic carbocycles. The number of carbonyl (C=O) groups excluding carboxylic acids is 4. The number of ether oxygens (including phenoxy) is 4. The van der Waals surface area contributed by atoms with Crippen LogP contribution in [0, 0.1) is 0 Å². The van der Waals surface area contributed by atoms with Crippen molar-refractivity contribution in [1.82, 2.24) is 25.1 Å². The number of methoxy groups -OCH3 is 2. The highest BCUT2D eigenvalue weighted by atomic mass is 16.6. The van der Waals surface area contributed by atoms with Crippen LogP contribution in [0.25, 0.3) is 0 Å². The molecule has 3 rings (SSSR count). The number of hydrogen-bond acceptors (Lipinski definition) is 9. The maximum atomic E-state index is 13.6. The Balaban J connectivity index is 1.84. The van der Waals surface area contributed by atoms with Crippen LogP contribution in [0.5, 0.6) is 11.5 Å². The third kappa shape index (κ3) is 10.5. The van der Waals surface area contributed by atoms with Gasteiger partial charge in [-0.3, -0.25) is 14.4 Å². The Hall–Kier alpha value is -5.11. The summed E-state index contributed by atoms with van der Waals surface area (Å²) in [5, 5.41) is 7.92. The summed E-state index contributed by atoms with van der Waals surface area (Å²) in [5.74, 6) is -0.452. The molecule has 0 bridgehead atoms. The van der Waals surface area contributed by atoms with E-state index in [4.69, 9.17) is 18.9 Å². The van der Waals surface area contributed by atoms with Gasteiger partial charge in [0.1, 0.15) is 23.2 Å². The van der Waals surface area contributed by atoms with E-state index in [1.54, 1.807) is 57.6 Å². The maximum absolute atomic E-state index is 13.6. The van der Waals surface area contributed by atoms with Crippen molar-refractivity contribution in [3.8, 4) is 11.5 Å². The average Bonchev–Trinajstić information content (AvgIpc) is 3.47. The lowest BCUT2D eigenvalue weighted by molar-refractivity contribution is -0.131. The fourth-order valence-corrected chi connectivity index (χ4v) is 4.47. The van der Waals surface area contributed by atoms with Gasteiger partial charge in [-0.05, 0) is 57.9 Å². The minimum atomic E-state index is -1.44. The molecule has 0 fully saturated rings. The highest BCUT2D eigenvalue weighted by Crippen LogP contribution is 2.32. The first-order chi connectivity index (χ1) is 22.5. The number of anilines is 1. The average molecular weight is 667 g/mol. The van der Waals surface area contributed by atoms with Gasteiger partial charge in [-0.15, -0.1) is 0 Å². The molecule has 2 atom stereocenters. The Morgan fingerprint density at radius 2 is 1.60 bits per heavy atom. The molecule has 0 aliphatic carbocycles. The van der Waals surface area contributed by atoms with Gasteiger partial charge in [0.25, 0.3) is 5.91 Å². The fourth-order valence-electron chi connectivity index (χ4n) is 4.47. The van der Waals surface area contributed by atoms with Crippen molar-refractivity contribution in [2.75, 3.05) is 40.2 Å². The van der Waals surface area contributed by atoms with Crippen LogP contribution in [0.1, 0.15) is 51.8 Å². The van der Waals surface area contributed by atoms with Gasteiger partial charge in [-0.2, -0.15) is 0 Å². The number of aromatic nitrogens is 2. The second-order valence-corrected chi connectivity index (χ2v) is 12.7. The monoisotopic (exact) mass is 666 g/mol. The van der Waals surface area contributed by atoms with Crippen molar-refractivity contribution in [3.63, 3.8) is 0 Å². The van der Waals surface area contributed by atoms with Gasteiger partial charge in [-0.25, -0.2) is 9.78 Å². The topological polar surface area (TPSA) is 162 Å².